The van der Waals surface area contributed by atoms with Crippen LogP contribution in [0.2, 0.25) is 0 Å². The van der Waals surface area contributed by atoms with Gasteiger partial charge in [-0.15, -0.1) is 0 Å². The van der Waals surface area contributed by atoms with E-state index in [0.717, 1.165) is 5.56 Å². The van der Waals surface area contributed by atoms with Gasteiger partial charge in [-0.05, 0) is 19.1 Å². The highest BCUT2D eigenvalue weighted by Gasteiger charge is 2.03. The number of aliphatic carboxylic acids is 1. The molecule has 0 heterocycles. The second kappa shape index (κ2) is 4.41. The van der Waals surface area contributed by atoms with Crippen LogP contribution in [0.1, 0.15) is 15.9 Å². The molecule has 1 N–H and O–H groups in total. The molecular weight excluding hydrogens is 182 g/mol. The van der Waals surface area contributed by atoms with Crippen LogP contribution in [0.3, 0.4) is 0 Å². The molecule has 0 aromatic heterocycles. The molecule has 1 aromatic rings. The van der Waals surface area contributed by atoms with Crippen LogP contribution in [0, 0.1) is 6.92 Å². The SMILES string of the molecule is Cc1ccc(C(=O)NCC(=O)[O-])cc1. The van der Waals surface area contributed by atoms with E-state index in [9.17, 15) is 14.7 Å². The second-order valence-electron chi connectivity index (χ2n) is 2.92. The molecule has 0 saturated carbocycles. The third kappa shape index (κ3) is 2.90. The highest BCUT2D eigenvalue weighted by atomic mass is 16.4. The Morgan fingerprint density at radius 2 is 1.86 bits per heavy atom. The highest BCUT2D eigenvalue weighted by Crippen LogP contribution is 2.02. The Kier molecular flexibility index (Phi) is 3.23. The van der Waals surface area contributed by atoms with Crippen molar-refractivity contribution >= 4 is 11.9 Å². The zero-order valence-electron chi connectivity index (χ0n) is 7.74. The first-order valence-electron chi connectivity index (χ1n) is 4.14. The molecule has 0 atom stereocenters. The average molecular weight is 192 g/mol. The van der Waals surface area contributed by atoms with Crippen LogP contribution in [0.4, 0.5) is 0 Å². The van der Waals surface area contributed by atoms with Crippen molar-refractivity contribution in [2.24, 2.45) is 0 Å². The minimum absolute atomic E-state index is 0.408. The lowest BCUT2D eigenvalue weighted by molar-refractivity contribution is -0.303. The van der Waals surface area contributed by atoms with Gasteiger partial charge in [0.25, 0.3) is 5.91 Å². The lowest BCUT2D eigenvalue weighted by atomic mass is 10.1. The summed E-state index contributed by atoms with van der Waals surface area (Å²) in [5.74, 6) is -1.71. The standard InChI is InChI=1S/C10H11NO3/c1-7-2-4-8(5-3-7)10(14)11-6-9(12)13/h2-5H,6H2,1H3,(H,11,14)(H,12,13)/p-1. The fraction of sp³-hybridized carbons (Fsp3) is 0.200. The number of aryl methyl sites for hydroxylation is 1. The van der Waals surface area contributed by atoms with E-state index in [1.807, 2.05) is 6.92 Å². The van der Waals surface area contributed by atoms with Gasteiger partial charge in [0.2, 0.25) is 0 Å². The van der Waals surface area contributed by atoms with Gasteiger partial charge in [0.05, 0.1) is 12.5 Å². The number of rotatable bonds is 3. The molecule has 74 valence electrons. The summed E-state index contributed by atoms with van der Waals surface area (Å²) in [4.78, 5) is 21.3. The highest BCUT2D eigenvalue weighted by molar-refractivity contribution is 5.95. The molecule has 0 radical (unpaired) electrons. The predicted molar refractivity (Wildman–Crippen MR) is 48.5 cm³/mol. The first-order valence-corrected chi connectivity index (χ1v) is 4.14. The number of amides is 1. The van der Waals surface area contributed by atoms with E-state index in [1.54, 1.807) is 24.3 Å². The molecule has 1 aromatic carbocycles. The lowest BCUT2D eigenvalue weighted by Crippen LogP contribution is -2.37. The Morgan fingerprint density at radius 3 is 2.36 bits per heavy atom. The van der Waals surface area contributed by atoms with Crippen molar-refractivity contribution in [3.63, 3.8) is 0 Å². The minimum Gasteiger partial charge on any atom is -0.548 e. The van der Waals surface area contributed by atoms with Crippen molar-refractivity contribution in [1.29, 1.82) is 0 Å². The van der Waals surface area contributed by atoms with Crippen LogP contribution < -0.4 is 10.4 Å². The number of carboxylic acid groups (broad SMARTS) is 1. The molecule has 14 heavy (non-hydrogen) atoms. The van der Waals surface area contributed by atoms with E-state index in [1.165, 1.54) is 0 Å². The smallest absolute Gasteiger partial charge is 0.251 e. The van der Waals surface area contributed by atoms with E-state index in [4.69, 9.17) is 0 Å². The summed E-state index contributed by atoms with van der Waals surface area (Å²) in [5, 5.41) is 12.3. The number of carbonyl (C=O) groups is 2. The second-order valence-corrected chi connectivity index (χ2v) is 2.92. The Bertz CT molecular complexity index is 343. The molecular formula is C10H10NO3-. The normalized spacial score (nSPS) is 9.50. The molecule has 0 spiro atoms. The first kappa shape index (κ1) is 10.2. The summed E-state index contributed by atoms with van der Waals surface area (Å²) in [6.07, 6.45) is 0. The summed E-state index contributed by atoms with van der Waals surface area (Å²) in [7, 11) is 0. The molecule has 0 aliphatic rings. The molecule has 1 amide bonds. The number of hydrogen-bond donors (Lipinski definition) is 1. The van der Waals surface area contributed by atoms with E-state index < -0.39 is 18.4 Å². The van der Waals surface area contributed by atoms with Crippen molar-refractivity contribution in [3.05, 3.63) is 35.4 Å². The van der Waals surface area contributed by atoms with E-state index in [0.29, 0.717) is 5.56 Å². The molecule has 0 saturated heterocycles. The zero-order chi connectivity index (χ0) is 10.6. The van der Waals surface area contributed by atoms with Crippen LogP contribution in [-0.2, 0) is 4.79 Å². The summed E-state index contributed by atoms with van der Waals surface area (Å²) in [6, 6.07) is 6.85. The zero-order valence-corrected chi connectivity index (χ0v) is 7.74. The summed E-state index contributed by atoms with van der Waals surface area (Å²) < 4.78 is 0. The van der Waals surface area contributed by atoms with Gasteiger partial charge in [0, 0.05) is 5.56 Å². The maximum Gasteiger partial charge on any atom is 0.251 e. The van der Waals surface area contributed by atoms with Gasteiger partial charge in [0.15, 0.2) is 0 Å². The van der Waals surface area contributed by atoms with Crippen molar-refractivity contribution in [1.82, 2.24) is 5.32 Å². The monoisotopic (exact) mass is 192 g/mol. The fourth-order valence-electron chi connectivity index (χ4n) is 0.959. The Morgan fingerprint density at radius 1 is 1.29 bits per heavy atom. The van der Waals surface area contributed by atoms with Gasteiger partial charge in [0.1, 0.15) is 0 Å². The molecule has 0 fully saturated rings. The first-order chi connectivity index (χ1) is 6.59. The van der Waals surface area contributed by atoms with Gasteiger partial charge in [-0.1, -0.05) is 17.7 Å². The Balaban J connectivity index is 2.61. The minimum atomic E-state index is -1.30. The Hall–Kier alpha value is -1.84. The van der Waals surface area contributed by atoms with Gasteiger partial charge < -0.3 is 15.2 Å². The topological polar surface area (TPSA) is 69.2 Å². The Labute approximate surface area is 81.6 Å². The maximum absolute atomic E-state index is 11.3. The molecule has 0 aliphatic carbocycles. The number of hydrogen-bond acceptors (Lipinski definition) is 3. The predicted octanol–water partition coefficient (Wildman–Crippen LogP) is -0.525. The number of benzene rings is 1. The average Bonchev–Trinajstić information content (AvgIpc) is 2.15. The maximum atomic E-state index is 11.3. The van der Waals surface area contributed by atoms with Crippen molar-refractivity contribution in [2.75, 3.05) is 6.54 Å². The van der Waals surface area contributed by atoms with Gasteiger partial charge >= 0.3 is 0 Å². The largest absolute Gasteiger partial charge is 0.548 e. The lowest BCUT2D eigenvalue weighted by Gasteiger charge is -2.05. The van der Waals surface area contributed by atoms with Crippen molar-refractivity contribution < 1.29 is 14.7 Å². The van der Waals surface area contributed by atoms with Crippen molar-refractivity contribution in [2.45, 2.75) is 6.92 Å². The summed E-state index contributed by atoms with van der Waals surface area (Å²) in [6.45, 7) is 1.44. The van der Waals surface area contributed by atoms with E-state index in [-0.39, 0.29) is 0 Å². The van der Waals surface area contributed by atoms with Crippen LogP contribution in [0.15, 0.2) is 24.3 Å². The molecule has 0 aliphatic heterocycles. The van der Waals surface area contributed by atoms with Crippen LogP contribution >= 0.6 is 0 Å². The molecule has 0 unspecified atom stereocenters. The van der Waals surface area contributed by atoms with E-state index >= 15 is 0 Å². The van der Waals surface area contributed by atoms with Crippen LogP contribution in [-0.4, -0.2) is 18.4 Å². The summed E-state index contributed by atoms with van der Waals surface area (Å²) >= 11 is 0. The van der Waals surface area contributed by atoms with Crippen molar-refractivity contribution in [3.8, 4) is 0 Å². The van der Waals surface area contributed by atoms with Gasteiger partial charge in [-0.3, -0.25) is 4.79 Å². The number of carbonyl (C=O) groups excluding carboxylic acids is 2. The third-order valence-electron chi connectivity index (χ3n) is 1.71. The van der Waals surface area contributed by atoms with Gasteiger partial charge in [-0.25, -0.2) is 0 Å². The van der Waals surface area contributed by atoms with E-state index in [2.05, 4.69) is 5.32 Å². The van der Waals surface area contributed by atoms with Crippen LogP contribution in [0.25, 0.3) is 0 Å². The summed E-state index contributed by atoms with van der Waals surface area (Å²) in [5.41, 5.74) is 1.48. The third-order valence-corrected chi connectivity index (χ3v) is 1.71. The molecule has 0 bridgehead atoms. The quantitative estimate of drug-likeness (QED) is 0.700. The molecule has 1 rings (SSSR count). The molecule has 4 nitrogen and oxygen atoms in total. The van der Waals surface area contributed by atoms with Gasteiger partial charge in [-0.2, -0.15) is 0 Å². The number of carboxylic acids is 1. The fourth-order valence-corrected chi connectivity index (χ4v) is 0.959. The number of nitrogens with one attached hydrogen (secondary N) is 1. The molecule has 4 heteroatoms. The van der Waals surface area contributed by atoms with Crippen LogP contribution in [0.5, 0.6) is 0 Å².